The summed E-state index contributed by atoms with van der Waals surface area (Å²) in [6.07, 6.45) is 0. The Labute approximate surface area is 386 Å². The van der Waals surface area contributed by atoms with Crippen molar-refractivity contribution in [1.29, 1.82) is 0 Å². The minimum atomic E-state index is -0.473. The summed E-state index contributed by atoms with van der Waals surface area (Å²) in [4.78, 5) is 16.1. The Morgan fingerprint density at radius 2 is 0.758 bits per heavy atom. The normalized spacial score (nSPS) is 13.0. The van der Waals surface area contributed by atoms with Crippen LogP contribution >= 0.6 is 11.3 Å². The molecular formula is C62H37N3S. The molecule has 2 aromatic heterocycles. The quantitative estimate of drug-likeness (QED) is 0.173. The number of thiophene rings is 1. The molecule has 0 atom stereocenters. The molecule has 66 heavy (non-hydrogen) atoms. The van der Waals surface area contributed by atoms with Crippen LogP contribution in [0.4, 0.5) is 0 Å². The van der Waals surface area contributed by atoms with E-state index in [-0.39, 0.29) is 0 Å². The van der Waals surface area contributed by atoms with Crippen LogP contribution in [0.3, 0.4) is 0 Å². The third kappa shape index (κ3) is 5.40. The predicted molar refractivity (Wildman–Crippen MR) is 274 cm³/mol. The van der Waals surface area contributed by atoms with Gasteiger partial charge >= 0.3 is 0 Å². The fourth-order valence-electron chi connectivity index (χ4n) is 11.1. The zero-order valence-electron chi connectivity index (χ0n) is 35.6. The molecule has 2 aliphatic rings. The number of benzene rings is 10. The van der Waals surface area contributed by atoms with Crippen LogP contribution in [0.15, 0.2) is 224 Å². The summed E-state index contributed by atoms with van der Waals surface area (Å²) in [6, 6.07) is 81.4. The maximum Gasteiger partial charge on any atom is 0.164 e. The maximum atomic E-state index is 5.40. The number of hydrogen-bond acceptors (Lipinski definition) is 4. The molecule has 3 nitrogen and oxygen atoms in total. The molecule has 306 valence electrons. The van der Waals surface area contributed by atoms with E-state index < -0.39 is 5.41 Å². The lowest BCUT2D eigenvalue weighted by atomic mass is 9.70. The van der Waals surface area contributed by atoms with Crippen LogP contribution in [0.2, 0.25) is 0 Å². The predicted octanol–water partition coefficient (Wildman–Crippen LogP) is 16.1. The van der Waals surface area contributed by atoms with Crippen molar-refractivity contribution in [3.05, 3.63) is 247 Å². The lowest BCUT2D eigenvalue weighted by Gasteiger charge is -2.30. The van der Waals surface area contributed by atoms with Crippen molar-refractivity contribution in [3.63, 3.8) is 0 Å². The minimum absolute atomic E-state index is 0.473. The highest BCUT2D eigenvalue weighted by Crippen LogP contribution is 2.63. The second kappa shape index (κ2) is 14.3. The molecule has 1 spiro atoms. The van der Waals surface area contributed by atoms with Gasteiger partial charge in [0.2, 0.25) is 0 Å². The topological polar surface area (TPSA) is 38.7 Å². The van der Waals surface area contributed by atoms with Crippen molar-refractivity contribution in [3.8, 4) is 78.7 Å². The first-order valence-electron chi connectivity index (χ1n) is 22.5. The molecule has 0 aliphatic heterocycles. The van der Waals surface area contributed by atoms with Crippen molar-refractivity contribution < 1.29 is 0 Å². The summed E-state index contributed by atoms with van der Waals surface area (Å²) in [6.45, 7) is 0. The van der Waals surface area contributed by atoms with E-state index in [9.17, 15) is 0 Å². The van der Waals surface area contributed by atoms with Crippen LogP contribution in [-0.4, -0.2) is 15.0 Å². The first-order valence-corrected chi connectivity index (χ1v) is 23.3. The van der Waals surface area contributed by atoms with Gasteiger partial charge in [-0.2, -0.15) is 0 Å². The number of aromatic nitrogens is 3. The highest BCUT2D eigenvalue weighted by Gasteiger charge is 2.52. The largest absolute Gasteiger partial charge is 0.208 e. The Morgan fingerprint density at radius 3 is 1.48 bits per heavy atom. The summed E-state index contributed by atoms with van der Waals surface area (Å²) in [5, 5.41) is 5.04. The number of nitrogens with zero attached hydrogens (tertiary/aromatic N) is 3. The minimum Gasteiger partial charge on any atom is -0.208 e. The Hall–Kier alpha value is -8.31. The van der Waals surface area contributed by atoms with Crippen molar-refractivity contribution in [2.24, 2.45) is 0 Å². The van der Waals surface area contributed by atoms with Gasteiger partial charge in [0.05, 0.1) is 5.41 Å². The van der Waals surface area contributed by atoms with Gasteiger partial charge < -0.3 is 0 Å². The Balaban J connectivity index is 0.944. The third-order valence-corrected chi connectivity index (χ3v) is 15.1. The van der Waals surface area contributed by atoms with Gasteiger partial charge in [-0.3, -0.25) is 0 Å². The van der Waals surface area contributed by atoms with Crippen LogP contribution in [0.1, 0.15) is 22.3 Å². The highest BCUT2D eigenvalue weighted by molar-refractivity contribution is 7.25. The van der Waals surface area contributed by atoms with Gasteiger partial charge in [0.15, 0.2) is 17.5 Å². The first kappa shape index (κ1) is 37.1. The summed E-state index contributed by atoms with van der Waals surface area (Å²) in [7, 11) is 0. The van der Waals surface area contributed by atoms with Crippen LogP contribution in [-0.2, 0) is 5.41 Å². The SMILES string of the molecule is c1ccc2c(c1)-c1ccccc1C21c2ccccc2-c2c(-c3nc(-c4ccc(-c5ccc6sc7ccccc7c6c5)cc4)nc(-c4ccc(-c5cccc6ccccc56)cc4)n3)cccc21. The molecule has 2 heterocycles. The summed E-state index contributed by atoms with van der Waals surface area (Å²) in [5.74, 6) is 1.91. The second-order valence-corrected chi connectivity index (χ2v) is 18.5. The fourth-order valence-corrected chi connectivity index (χ4v) is 12.2. The molecule has 4 heteroatoms. The van der Waals surface area contributed by atoms with E-state index in [0.717, 1.165) is 27.8 Å². The second-order valence-electron chi connectivity index (χ2n) is 17.4. The van der Waals surface area contributed by atoms with Crippen LogP contribution in [0, 0.1) is 0 Å². The third-order valence-electron chi connectivity index (χ3n) is 14.0. The first-order chi connectivity index (χ1) is 32.7. The number of hydrogen-bond donors (Lipinski definition) is 0. The van der Waals surface area contributed by atoms with E-state index in [4.69, 9.17) is 15.0 Å². The molecule has 10 aromatic carbocycles. The van der Waals surface area contributed by atoms with Gasteiger partial charge in [-0.15, -0.1) is 11.3 Å². The average molecular weight is 856 g/mol. The van der Waals surface area contributed by atoms with Gasteiger partial charge in [-0.05, 0) is 95.7 Å². The van der Waals surface area contributed by atoms with Crippen molar-refractivity contribution in [2.45, 2.75) is 5.41 Å². The molecular weight excluding hydrogens is 819 g/mol. The summed E-state index contributed by atoms with van der Waals surface area (Å²) >= 11 is 1.84. The van der Waals surface area contributed by atoms with E-state index in [0.29, 0.717) is 17.5 Å². The van der Waals surface area contributed by atoms with Gasteiger partial charge in [0, 0.05) is 36.9 Å². The van der Waals surface area contributed by atoms with Crippen LogP contribution in [0.25, 0.3) is 110 Å². The molecule has 0 N–H and O–H groups in total. The Kier molecular flexibility index (Phi) is 8.07. The van der Waals surface area contributed by atoms with E-state index in [1.807, 2.05) is 11.3 Å². The zero-order valence-corrected chi connectivity index (χ0v) is 36.4. The Morgan fingerprint density at radius 1 is 0.288 bits per heavy atom. The average Bonchev–Trinajstić information content (AvgIpc) is 4.02. The summed E-state index contributed by atoms with van der Waals surface area (Å²) in [5.41, 5.74) is 17.2. The number of fused-ring (bicyclic) bond motifs is 14. The molecule has 0 fully saturated rings. The highest BCUT2D eigenvalue weighted by atomic mass is 32.1. The van der Waals surface area contributed by atoms with E-state index >= 15 is 0 Å². The molecule has 2 aliphatic carbocycles. The van der Waals surface area contributed by atoms with Gasteiger partial charge in [-0.1, -0.05) is 206 Å². The van der Waals surface area contributed by atoms with Crippen molar-refractivity contribution in [1.82, 2.24) is 15.0 Å². The molecule has 0 unspecified atom stereocenters. The molecule has 14 rings (SSSR count). The maximum absolute atomic E-state index is 5.40. The zero-order chi connectivity index (χ0) is 43.3. The summed E-state index contributed by atoms with van der Waals surface area (Å²) < 4.78 is 2.61. The van der Waals surface area contributed by atoms with Gasteiger partial charge in [-0.25, -0.2) is 15.0 Å². The Bertz CT molecular complexity index is 3890. The van der Waals surface area contributed by atoms with Crippen molar-refractivity contribution >= 4 is 42.3 Å². The standard InChI is InChI=1S/C62H37N3S/c1-2-15-44-39(13-1)14-11-20-45(44)40-29-33-42(34-30-40)60-63-59(41-31-27-38(28-32-41)43-35-36-57-51(37-43)48-18-6-10-26-56(48)66-57)64-61(65-60)50-21-12-25-55-58(50)49-19-5-9-24-54(49)62(55)52-22-7-3-16-46(52)47-17-4-8-23-53(47)62/h1-37H. The van der Waals surface area contributed by atoms with Gasteiger partial charge in [0.25, 0.3) is 0 Å². The molecule has 0 amide bonds. The van der Waals surface area contributed by atoms with E-state index in [2.05, 4.69) is 224 Å². The fraction of sp³-hybridized carbons (Fsp3) is 0.0161. The number of rotatable bonds is 5. The van der Waals surface area contributed by atoms with Crippen molar-refractivity contribution in [2.75, 3.05) is 0 Å². The van der Waals surface area contributed by atoms with E-state index in [1.54, 1.807) is 0 Å². The molecule has 0 radical (unpaired) electrons. The molecule has 0 bridgehead atoms. The lowest BCUT2D eigenvalue weighted by Crippen LogP contribution is -2.25. The smallest absolute Gasteiger partial charge is 0.164 e. The molecule has 12 aromatic rings. The molecule has 0 saturated heterocycles. The van der Waals surface area contributed by atoms with Crippen LogP contribution in [0.5, 0.6) is 0 Å². The lowest BCUT2D eigenvalue weighted by molar-refractivity contribution is 0.794. The van der Waals surface area contributed by atoms with E-state index in [1.165, 1.54) is 86.6 Å². The molecule has 0 saturated carbocycles. The van der Waals surface area contributed by atoms with Gasteiger partial charge in [0.1, 0.15) is 0 Å². The monoisotopic (exact) mass is 855 g/mol. The van der Waals surface area contributed by atoms with Crippen LogP contribution < -0.4 is 0 Å².